The van der Waals surface area contributed by atoms with E-state index in [9.17, 15) is 23.3 Å². The van der Waals surface area contributed by atoms with Gasteiger partial charge < -0.3 is 9.47 Å². The first-order valence-corrected chi connectivity index (χ1v) is 8.01. The number of nitrogens with zero attached hydrogens (tertiary/aromatic N) is 3. The number of nitro benzene ring substituents is 1. The summed E-state index contributed by atoms with van der Waals surface area (Å²) in [5.41, 5.74) is -1.76. The van der Waals surface area contributed by atoms with E-state index in [1.165, 1.54) is 24.3 Å². The summed E-state index contributed by atoms with van der Waals surface area (Å²) in [7, 11) is 0. The van der Waals surface area contributed by atoms with E-state index in [0.29, 0.717) is 17.7 Å². The van der Waals surface area contributed by atoms with Gasteiger partial charge in [0.05, 0.1) is 17.1 Å². The molecule has 0 aromatic heterocycles. The fourth-order valence-corrected chi connectivity index (χ4v) is 2.26. The molecule has 148 valence electrons. The number of rotatable bonds is 6. The summed E-state index contributed by atoms with van der Waals surface area (Å²) in [6, 6.07) is 9.58. The Hall–Kier alpha value is -4.05. The van der Waals surface area contributed by atoms with E-state index in [1.807, 2.05) is 0 Å². The largest absolute Gasteiger partial charge is 0.490 e. The van der Waals surface area contributed by atoms with Crippen molar-refractivity contribution in [3.63, 3.8) is 0 Å². The van der Waals surface area contributed by atoms with Crippen LogP contribution in [-0.2, 0) is 6.18 Å². The Bertz CT molecular complexity index is 1030. The number of ether oxygens (including phenoxy) is 2. The summed E-state index contributed by atoms with van der Waals surface area (Å²) in [5, 5.41) is 28.9. The van der Waals surface area contributed by atoms with Gasteiger partial charge in [0, 0.05) is 6.07 Å². The number of nitro groups is 1. The molecule has 0 atom stereocenters. The lowest BCUT2D eigenvalue weighted by molar-refractivity contribution is -0.385. The summed E-state index contributed by atoms with van der Waals surface area (Å²) < 4.78 is 49.3. The van der Waals surface area contributed by atoms with Gasteiger partial charge in [-0.25, -0.2) is 0 Å². The van der Waals surface area contributed by atoms with Crippen molar-refractivity contribution in [1.29, 1.82) is 10.5 Å². The molecule has 0 amide bonds. The molecule has 0 aliphatic heterocycles. The topological polar surface area (TPSA) is 109 Å². The van der Waals surface area contributed by atoms with Crippen LogP contribution < -0.4 is 9.47 Å². The van der Waals surface area contributed by atoms with E-state index in [0.717, 1.165) is 6.07 Å². The van der Waals surface area contributed by atoms with E-state index < -0.39 is 28.1 Å². The van der Waals surface area contributed by atoms with Crippen LogP contribution in [-0.4, -0.2) is 11.5 Å². The predicted octanol–water partition coefficient (Wildman–Crippen LogP) is 5.24. The monoisotopic (exact) mass is 403 g/mol. The third-order valence-electron chi connectivity index (χ3n) is 3.52. The molecule has 2 aromatic carbocycles. The molecule has 10 heteroatoms. The number of hydrogen-bond donors (Lipinski definition) is 0. The van der Waals surface area contributed by atoms with Gasteiger partial charge in [-0.2, -0.15) is 23.7 Å². The third kappa shape index (κ3) is 5.23. The van der Waals surface area contributed by atoms with Crippen molar-refractivity contribution in [2.75, 3.05) is 6.61 Å². The molecule has 0 heterocycles. The first kappa shape index (κ1) is 21.3. The van der Waals surface area contributed by atoms with Gasteiger partial charge in [0.25, 0.3) is 0 Å². The normalized spacial score (nSPS) is 10.4. The lowest BCUT2D eigenvalue weighted by atomic mass is 10.1. The van der Waals surface area contributed by atoms with Crippen molar-refractivity contribution >= 4 is 11.8 Å². The minimum atomic E-state index is -4.74. The highest BCUT2D eigenvalue weighted by atomic mass is 19.4. The number of benzene rings is 2. The smallest absolute Gasteiger partial charge is 0.416 e. The van der Waals surface area contributed by atoms with Gasteiger partial charge in [0.15, 0.2) is 11.5 Å². The Morgan fingerprint density at radius 2 is 1.79 bits per heavy atom. The second-order valence-corrected chi connectivity index (χ2v) is 5.46. The van der Waals surface area contributed by atoms with E-state index in [-0.39, 0.29) is 23.7 Å². The second-order valence-electron chi connectivity index (χ2n) is 5.46. The zero-order chi connectivity index (χ0) is 21.6. The number of allylic oxidation sites excluding steroid dienone is 1. The van der Waals surface area contributed by atoms with Crippen molar-refractivity contribution in [3.8, 4) is 29.4 Å². The van der Waals surface area contributed by atoms with Gasteiger partial charge in [0.2, 0.25) is 5.75 Å². The van der Waals surface area contributed by atoms with E-state index in [1.54, 1.807) is 19.1 Å². The highest BCUT2D eigenvalue weighted by molar-refractivity contribution is 5.65. The zero-order valence-corrected chi connectivity index (χ0v) is 14.9. The van der Waals surface area contributed by atoms with Gasteiger partial charge >= 0.3 is 11.9 Å². The average molecular weight is 403 g/mol. The SMILES string of the molecule is CCOc1cc(C=C(C#N)C#N)ccc1Oc1ccc(C(F)(F)F)cc1[N+](=O)[O-]. The Balaban J connectivity index is 2.48. The summed E-state index contributed by atoms with van der Waals surface area (Å²) in [6.07, 6.45) is -3.44. The van der Waals surface area contributed by atoms with Gasteiger partial charge in [-0.15, -0.1) is 0 Å². The van der Waals surface area contributed by atoms with Gasteiger partial charge in [-0.3, -0.25) is 10.1 Å². The molecule has 0 bridgehead atoms. The molecular weight excluding hydrogens is 391 g/mol. The molecule has 0 unspecified atom stereocenters. The third-order valence-corrected chi connectivity index (χ3v) is 3.52. The lowest BCUT2D eigenvalue weighted by Crippen LogP contribution is -2.06. The Labute approximate surface area is 163 Å². The van der Waals surface area contributed by atoms with Gasteiger partial charge in [-0.05, 0) is 42.8 Å². The summed E-state index contributed by atoms with van der Waals surface area (Å²) in [4.78, 5) is 10.2. The molecule has 0 N–H and O–H groups in total. The Morgan fingerprint density at radius 1 is 1.14 bits per heavy atom. The van der Waals surface area contributed by atoms with Crippen LogP contribution in [0.5, 0.6) is 17.2 Å². The molecule has 2 rings (SSSR count). The molecule has 0 spiro atoms. The van der Waals surface area contributed by atoms with Crippen molar-refractivity contribution in [3.05, 3.63) is 63.2 Å². The number of alkyl halides is 3. The highest BCUT2D eigenvalue weighted by Gasteiger charge is 2.33. The summed E-state index contributed by atoms with van der Waals surface area (Å²) in [6.45, 7) is 1.87. The molecule has 2 aromatic rings. The molecule has 0 saturated heterocycles. The van der Waals surface area contributed by atoms with Gasteiger partial charge in [-0.1, -0.05) is 6.07 Å². The first-order valence-electron chi connectivity index (χ1n) is 8.01. The lowest BCUT2D eigenvalue weighted by Gasteiger charge is -2.13. The van der Waals surface area contributed by atoms with Crippen molar-refractivity contribution in [2.24, 2.45) is 0 Å². The van der Waals surface area contributed by atoms with Crippen molar-refractivity contribution in [1.82, 2.24) is 0 Å². The van der Waals surface area contributed by atoms with E-state index in [4.69, 9.17) is 20.0 Å². The molecule has 0 radical (unpaired) electrons. The molecule has 0 aliphatic carbocycles. The van der Waals surface area contributed by atoms with Crippen molar-refractivity contribution < 1.29 is 27.6 Å². The zero-order valence-electron chi connectivity index (χ0n) is 14.9. The number of hydrogen-bond acceptors (Lipinski definition) is 6. The van der Waals surface area contributed by atoms with Crippen LogP contribution >= 0.6 is 0 Å². The summed E-state index contributed by atoms with van der Waals surface area (Å²) in [5.74, 6) is -0.255. The molecule has 0 fully saturated rings. The molecule has 7 nitrogen and oxygen atoms in total. The van der Waals surface area contributed by atoms with Crippen LogP contribution in [0.4, 0.5) is 18.9 Å². The Kier molecular flexibility index (Phi) is 6.42. The van der Waals surface area contributed by atoms with E-state index in [2.05, 4.69) is 0 Å². The molecular formula is C19H12F3N3O4. The van der Waals surface area contributed by atoms with Gasteiger partial charge in [0.1, 0.15) is 17.7 Å². The first-order chi connectivity index (χ1) is 13.7. The maximum atomic E-state index is 12.8. The Morgan fingerprint density at radius 3 is 2.34 bits per heavy atom. The molecule has 29 heavy (non-hydrogen) atoms. The highest BCUT2D eigenvalue weighted by Crippen LogP contribution is 2.40. The second kappa shape index (κ2) is 8.76. The van der Waals surface area contributed by atoms with Crippen molar-refractivity contribution in [2.45, 2.75) is 13.1 Å². The standard InChI is InChI=1S/C19H12F3N3O4/c1-2-28-18-8-12(7-13(10-23)11-24)3-5-17(18)29-16-6-4-14(19(20,21)22)9-15(16)25(26)27/h3-9H,2H2,1H3. The summed E-state index contributed by atoms with van der Waals surface area (Å²) >= 11 is 0. The predicted molar refractivity (Wildman–Crippen MR) is 95.0 cm³/mol. The maximum Gasteiger partial charge on any atom is 0.416 e. The van der Waals surface area contributed by atoms with Crippen LogP contribution in [0, 0.1) is 32.8 Å². The van der Waals surface area contributed by atoms with Crippen LogP contribution in [0.25, 0.3) is 6.08 Å². The fraction of sp³-hybridized carbons (Fsp3) is 0.158. The number of nitriles is 2. The number of halogens is 3. The van der Waals surface area contributed by atoms with E-state index >= 15 is 0 Å². The minimum Gasteiger partial charge on any atom is -0.490 e. The quantitative estimate of drug-likeness (QED) is 0.371. The molecule has 0 aliphatic rings. The maximum absolute atomic E-state index is 12.8. The fourth-order valence-electron chi connectivity index (χ4n) is 2.26. The average Bonchev–Trinajstić information content (AvgIpc) is 2.67. The van der Waals surface area contributed by atoms with Crippen LogP contribution in [0.15, 0.2) is 42.0 Å². The molecule has 0 saturated carbocycles. The minimum absolute atomic E-state index is 0.0160. The van der Waals surface area contributed by atoms with Crippen LogP contribution in [0.3, 0.4) is 0 Å². The van der Waals surface area contributed by atoms with Crippen LogP contribution in [0.1, 0.15) is 18.1 Å². The van der Waals surface area contributed by atoms with Crippen LogP contribution in [0.2, 0.25) is 0 Å².